The number of hydrogen-bond donors (Lipinski definition) is 1. The maximum Gasteiger partial charge on any atom is 0.249 e. The molecule has 0 bridgehead atoms. The zero-order valence-corrected chi connectivity index (χ0v) is 11.5. The fourth-order valence-corrected chi connectivity index (χ4v) is 2.78. The van der Waals surface area contributed by atoms with Crippen LogP contribution in [0.1, 0.15) is 26.7 Å². The van der Waals surface area contributed by atoms with E-state index in [1.54, 1.807) is 16.2 Å². The van der Waals surface area contributed by atoms with E-state index in [2.05, 4.69) is 19.2 Å². The van der Waals surface area contributed by atoms with E-state index >= 15 is 0 Å². The maximum absolute atomic E-state index is 12.4. The van der Waals surface area contributed by atoms with Crippen molar-refractivity contribution in [2.24, 2.45) is 5.92 Å². The number of anilines is 1. The molecule has 1 saturated heterocycles. The number of thiophene rings is 1. The average Bonchev–Trinajstić information content (AvgIpc) is 2.77. The second-order valence-electron chi connectivity index (χ2n) is 4.97. The number of amides is 2. The van der Waals surface area contributed by atoms with Gasteiger partial charge in [0.05, 0.1) is 5.69 Å². The molecule has 1 unspecified atom stereocenters. The Balaban J connectivity index is 2.20. The van der Waals surface area contributed by atoms with Gasteiger partial charge in [-0.1, -0.05) is 13.8 Å². The predicted octanol–water partition coefficient (Wildman–Crippen LogP) is 2.02. The number of rotatable bonds is 3. The molecular formula is C13H18N2O2S. The molecule has 0 aliphatic carbocycles. The quantitative estimate of drug-likeness (QED) is 0.910. The van der Waals surface area contributed by atoms with E-state index in [9.17, 15) is 9.59 Å². The molecule has 1 aromatic heterocycles. The summed E-state index contributed by atoms with van der Waals surface area (Å²) in [5.41, 5.74) is 0.898. The van der Waals surface area contributed by atoms with Gasteiger partial charge in [-0.25, -0.2) is 0 Å². The number of nitrogens with zero attached hydrogens (tertiary/aromatic N) is 1. The Morgan fingerprint density at radius 2 is 2.28 bits per heavy atom. The van der Waals surface area contributed by atoms with Crippen LogP contribution in [-0.4, -0.2) is 24.4 Å². The summed E-state index contributed by atoms with van der Waals surface area (Å²) in [6, 6.07) is 1.53. The fraction of sp³-hybridized carbons (Fsp3) is 0.538. The smallest absolute Gasteiger partial charge is 0.249 e. The van der Waals surface area contributed by atoms with Crippen molar-refractivity contribution in [3.8, 4) is 0 Å². The lowest BCUT2D eigenvalue weighted by Gasteiger charge is -2.24. The monoisotopic (exact) mass is 266 g/mol. The average molecular weight is 266 g/mol. The standard InChI is InChI=1S/C13H18N2O2S/c1-9(2)7-11-13(17)15(5-3-12(16)14-11)10-4-6-18-8-10/h4,6,8-9,11H,3,5,7H2,1-2H3,(H,14,16). The third-order valence-corrected chi connectivity index (χ3v) is 3.66. The van der Waals surface area contributed by atoms with Gasteiger partial charge < -0.3 is 10.2 Å². The van der Waals surface area contributed by atoms with Gasteiger partial charge in [-0.05, 0) is 23.8 Å². The van der Waals surface area contributed by atoms with Crippen LogP contribution in [0.15, 0.2) is 16.8 Å². The van der Waals surface area contributed by atoms with Crippen LogP contribution in [0.5, 0.6) is 0 Å². The highest BCUT2D eigenvalue weighted by Gasteiger charge is 2.31. The summed E-state index contributed by atoms with van der Waals surface area (Å²) in [6.45, 7) is 4.58. The van der Waals surface area contributed by atoms with Crippen LogP contribution in [0.3, 0.4) is 0 Å². The van der Waals surface area contributed by atoms with Gasteiger partial charge in [-0.3, -0.25) is 9.59 Å². The molecule has 0 aromatic carbocycles. The van der Waals surface area contributed by atoms with Crippen molar-refractivity contribution in [3.05, 3.63) is 16.8 Å². The van der Waals surface area contributed by atoms with Gasteiger partial charge in [0.1, 0.15) is 6.04 Å². The largest absolute Gasteiger partial charge is 0.344 e. The summed E-state index contributed by atoms with van der Waals surface area (Å²) in [6.07, 6.45) is 1.06. The minimum absolute atomic E-state index is 0.00736. The van der Waals surface area contributed by atoms with Gasteiger partial charge in [0.25, 0.3) is 0 Å². The van der Waals surface area contributed by atoms with Gasteiger partial charge in [0.2, 0.25) is 11.8 Å². The summed E-state index contributed by atoms with van der Waals surface area (Å²) in [5, 5.41) is 6.71. The molecule has 1 aliphatic heterocycles. The summed E-state index contributed by atoms with van der Waals surface area (Å²) in [5.74, 6) is 0.348. The summed E-state index contributed by atoms with van der Waals surface area (Å²) < 4.78 is 0. The number of nitrogens with one attached hydrogen (secondary N) is 1. The highest BCUT2D eigenvalue weighted by Crippen LogP contribution is 2.22. The molecule has 1 fully saturated rings. The number of carbonyl (C=O) groups is 2. The molecule has 1 N–H and O–H groups in total. The van der Waals surface area contributed by atoms with E-state index in [1.165, 1.54) is 0 Å². The van der Waals surface area contributed by atoms with Crippen LogP contribution in [0.25, 0.3) is 0 Å². The lowest BCUT2D eigenvalue weighted by molar-refractivity contribution is -0.125. The fourth-order valence-electron chi connectivity index (χ4n) is 2.14. The molecule has 2 rings (SSSR count). The first kappa shape index (κ1) is 13.1. The second kappa shape index (κ2) is 5.52. The number of hydrogen-bond acceptors (Lipinski definition) is 3. The molecule has 0 radical (unpaired) electrons. The van der Waals surface area contributed by atoms with Gasteiger partial charge >= 0.3 is 0 Å². The van der Waals surface area contributed by atoms with Crippen molar-refractivity contribution < 1.29 is 9.59 Å². The first-order chi connectivity index (χ1) is 8.58. The van der Waals surface area contributed by atoms with Gasteiger partial charge in [0, 0.05) is 18.3 Å². The molecule has 0 saturated carbocycles. The molecule has 2 amide bonds. The van der Waals surface area contributed by atoms with Crippen LogP contribution >= 0.6 is 11.3 Å². The summed E-state index contributed by atoms with van der Waals surface area (Å²) in [7, 11) is 0. The predicted molar refractivity (Wildman–Crippen MR) is 72.7 cm³/mol. The maximum atomic E-state index is 12.4. The molecule has 0 spiro atoms. The zero-order chi connectivity index (χ0) is 13.1. The Morgan fingerprint density at radius 3 is 2.89 bits per heavy atom. The Morgan fingerprint density at radius 1 is 1.50 bits per heavy atom. The Kier molecular flexibility index (Phi) is 4.01. The molecule has 98 valence electrons. The Hall–Kier alpha value is -1.36. The van der Waals surface area contributed by atoms with E-state index in [0.717, 1.165) is 5.69 Å². The normalized spacial score (nSPS) is 21.1. The molecule has 1 atom stereocenters. The molecule has 1 aromatic rings. The molecule has 18 heavy (non-hydrogen) atoms. The zero-order valence-electron chi connectivity index (χ0n) is 10.7. The van der Waals surface area contributed by atoms with E-state index in [4.69, 9.17) is 0 Å². The molecular weight excluding hydrogens is 248 g/mol. The van der Waals surface area contributed by atoms with Gasteiger partial charge in [0.15, 0.2) is 0 Å². The van der Waals surface area contributed by atoms with E-state index in [0.29, 0.717) is 25.3 Å². The third kappa shape index (κ3) is 2.90. The molecule has 4 nitrogen and oxygen atoms in total. The first-order valence-electron chi connectivity index (χ1n) is 6.21. The SMILES string of the molecule is CC(C)CC1NC(=O)CCN(c2ccsc2)C1=O. The van der Waals surface area contributed by atoms with E-state index in [1.807, 2.05) is 16.8 Å². The van der Waals surface area contributed by atoms with E-state index in [-0.39, 0.29) is 17.9 Å². The van der Waals surface area contributed by atoms with Crippen LogP contribution in [0.4, 0.5) is 5.69 Å². The first-order valence-corrected chi connectivity index (χ1v) is 7.15. The van der Waals surface area contributed by atoms with Gasteiger partial charge in [-0.15, -0.1) is 0 Å². The lowest BCUT2D eigenvalue weighted by Crippen LogP contribution is -2.45. The third-order valence-electron chi connectivity index (χ3n) is 2.99. The number of carbonyl (C=O) groups excluding carboxylic acids is 2. The van der Waals surface area contributed by atoms with E-state index < -0.39 is 0 Å². The van der Waals surface area contributed by atoms with Crippen molar-refractivity contribution in [3.63, 3.8) is 0 Å². The molecule has 2 heterocycles. The highest BCUT2D eigenvalue weighted by molar-refractivity contribution is 7.08. The van der Waals surface area contributed by atoms with Crippen molar-refractivity contribution in [2.45, 2.75) is 32.7 Å². The topological polar surface area (TPSA) is 49.4 Å². The van der Waals surface area contributed by atoms with Crippen LogP contribution < -0.4 is 10.2 Å². The van der Waals surface area contributed by atoms with Crippen LogP contribution in [0.2, 0.25) is 0 Å². The highest BCUT2D eigenvalue weighted by atomic mass is 32.1. The van der Waals surface area contributed by atoms with Crippen molar-refractivity contribution in [2.75, 3.05) is 11.4 Å². The minimum atomic E-state index is -0.389. The summed E-state index contributed by atoms with van der Waals surface area (Å²) >= 11 is 1.56. The van der Waals surface area contributed by atoms with Crippen molar-refractivity contribution in [1.82, 2.24) is 5.32 Å². The van der Waals surface area contributed by atoms with Crippen molar-refractivity contribution >= 4 is 28.8 Å². The van der Waals surface area contributed by atoms with Crippen molar-refractivity contribution in [1.29, 1.82) is 0 Å². The lowest BCUT2D eigenvalue weighted by atomic mass is 10.0. The van der Waals surface area contributed by atoms with Crippen LogP contribution in [-0.2, 0) is 9.59 Å². The Bertz CT molecular complexity index is 428. The minimum Gasteiger partial charge on any atom is -0.344 e. The Labute approximate surface area is 111 Å². The summed E-state index contributed by atoms with van der Waals surface area (Å²) in [4.78, 5) is 25.8. The van der Waals surface area contributed by atoms with Crippen LogP contribution in [0, 0.1) is 5.92 Å². The second-order valence-corrected chi connectivity index (χ2v) is 5.75. The molecule has 1 aliphatic rings. The van der Waals surface area contributed by atoms with Gasteiger partial charge in [-0.2, -0.15) is 11.3 Å². The molecule has 5 heteroatoms.